The van der Waals surface area contributed by atoms with Gasteiger partial charge >= 0.3 is 41.8 Å². The lowest BCUT2D eigenvalue weighted by Crippen LogP contribution is -2.48. The van der Waals surface area contributed by atoms with Crippen LogP contribution in [-0.2, 0) is 67.1 Å². The highest BCUT2D eigenvalue weighted by molar-refractivity contribution is 5.87. The number of carboxylic acids is 7. The van der Waals surface area contributed by atoms with Crippen molar-refractivity contribution in [2.75, 3.05) is 19.8 Å². The number of aliphatic hydroxyl groups excluding tert-OH is 28. The molecule has 0 aliphatic heterocycles. The summed E-state index contributed by atoms with van der Waals surface area (Å²) in [6, 6.07) is 0. The molecule has 0 aliphatic rings. The second-order valence-electron chi connectivity index (χ2n) is 16.6. The van der Waals surface area contributed by atoms with Gasteiger partial charge in [-0.25, -0.2) is 33.6 Å². The van der Waals surface area contributed by atoms with E-state index in [2.05, 4.69) is 0 Å². The van der Waals surface area contributed by atoms with Gasteiger partial charge in [0, 0.05) is 0 Å². The predicted molar refractivity (Wildman–Crippen MR) is 264 cm³/mol. The summed E-state index contributed by atoms with van der Waals surface area (Å²) in [6.45, 7) is -3.11. The van der Waals surface area contributed by atoms with Crippen LogP contribution in [0.1, 0.15) is 0 Å². The maximum atomic E-state index is 10.5. The first-order valence-corrected chi connectivity index (χ1v) is 23.2. The van der Waals surface area contributed by atoms with E-state index in [1.54, 1.807) is 0 Å². The number of aldehydes is 4. The summed E-state index contributed by atoms with van der Waals surface area (Å²) in [4.78, 5) is 142. The monoisotopic (exact) mass is 1360 g/mol. The van der Waals surface area contributed by atoms with Crippen LogP contribution < -0.4 is 0 Å². The first kappa shape index (κ1) is 97.5. The lowest BCUT2D eigenvalue weighted by molar-refractivity contribution is -0.164. The summed E-state index contributed by atoms with van der Waals surface area (Å²) in [5.74, 6) is -15.8. The molecule has 35 N–H and O–H groups in total. The molecule has 91 heavy (non-hydrogen) atoms. The van der Waals surface area contributed by atoms with Crippen LogP contribution in [0.4, 0.5) is 0 Å². The van der Waals surface area contributed by atoms with Crippen molar-refractivity contribution in [3.63, 3.8) is 0 Å². The number of Topliss-reactive ketones (excluding diaryl/α,β-unsaturated/α-hetero) is 3. The van der Waals surface area contributed by atoms with Crippen LogP contribution in [0.15, 0.2) is 0 Å². The van der Waals surface area contributed by atoms with Crippen LogP contribution in [-0.4, -0.2) is 435 Å². The van der Waals surface area contributed by atoms with Gasteiger partial charge in [-0.15, -0.1) is 0 Å². The highest BCUT2D eigenvalue weighted by Gasteiger charge is 2.39. The van der Waals surface area contributed by atoms with E-state index in [4.69, 9.17) is 179 Å². The Kier molecular flexibility index (Phi) is 54.1. The Balaban J connectivity index is -0.000000181. The third kappa shape index (κ3) is 38.3. The van der Waals surface area contributed by atoms with Gasteiger partial charge in [0.15, 0.2) is 85.2 Å². The summed E-state index contributed by atoms with van der Waals surface area (Å²) in [6.07, 6.45) is -53.1. The van der Waals surface area contributed by atoms with E-state index in [9.17, 15) is 67.1 Å². The number of rotatable bonds is 35. The minimum absolute atomic E-state index is 0.0809. The molecular formula is C42H70O49. The van der Waals surface area contributed by atoms with Gasteiger partial charge in [-0.1, -0.05) is 0 Å². The fourth-order valence-electron chi connectivity index (χ4n) is 4.27. The minimum Gasteiger partial charge on any atom is -0.479 e. The maximum absolute atomic E-state index is 10.5. The van der Waals surface area contributed by atoms with Crippen molar-refractivity contribution in [1.82, 2.24) is 0 Å². The lowest BCUT2D eigenvalue weighted by atomic mass is 10.0. The van der Waals surface area contributed by atoms with Crippen LogP contribution in [0, 0.1) is 0 Å². The number of aliphatic carboxylic acids is 7. The number of carbonyl (C=O) groups is 14. The molecule has 49 nitrogen and oxygen atoms in total. The molecule has 0 aromatic carbocycles. The molecule has 25 atom stereocenters. The summed E-state index contributed by atoms with van der Waals surface area (Å²) >= 11 is 0. The first-order valence-electron chi connectivity index (χ1n) is 23.2. The molecule has 0 spiro atoms. The molecule has 0 saturated heterocycles. The Labute approximate surface area is 502 Å². The highest BCUT2D eigenvalue weighted by atomic mass is 16.5. The Morgan fingerprint density at radius 1 is 0.198 bits per heavy atom. The van der Waals surface area contributed by atoms with E-state index in [-0.39, 0.29) is 25.1 Å². The van der Waals surface area contributed by atoms with Crippen molar-refractivity contribution >= 4 is 84.3 Å². The van der Waals surface area contributed by atoms with Gasteiger partial charge in [0.1, 0.15) is 130 Å². The van der Waals surface area contributed by atoms with Crippen LogP contribution in [0.2, 0.25) is 0 Å². The second-order valence-corrected chi connectivity index (χ2v) is 16.6. The molecule has 0 aromatic rings. The first-order chi connectivity index (χ1) is 41.4. The van der Waals surface area contributed by atoms with Crippen molar-refractivity contribution < 1.29 is 246 Å². The lowest BCUT2D eigenvalue weighted by Gasteiger charge is -2.21. The van der Waals surface area contributed by atoms with Gasteiger partial charge in [0.2, 0.25) is 0 Å². The van der Waals surface area contributed by atoms with Crippen LogP contribution in [0.25, 0.3) is 0 Å². The number of carbonyl (C=O) groups excluding carboxylic acids is 7. The topological polar surface area (TPSA) is 947 Å². The SMILES string of the molecule is O=C(O)C(O)C(O)C(O)C(=O)CO.O=C(O)C(O)C(O)C(O)C(=O)CO.O=C(O)C(O)C(O)C(O)C(=O)CO.O=CC(O)C(O)C(O)C(O)C(=O)O.O=CC(O)C(O)C(O)C(O)C(=O)O.O=CC(O)C(O)C(O)C(O)C(=O)O.O=CC(O)C(O)C(O)C(O)C(=O)O. The van der Waals surface area contributed by atoms with Crippen molar-refractivity contribution in [3.05, 3.63) is 0 Å². The molecule has 0 radical (unpaired) electrons. The molecule has 0 heterocycles. The average Bonchev–Trinajstić information content (AvgIpc) is 3.63. The Morgan fingerprint density at radius 2 is 0.308 bits per heavy atom. The fourth-order valence-corrected chi connectivity index (χ4v) is 4.27. The Morgan fingerprint density at radius 3 is 0.396 bits per heavy atom. The zero-order valence-electron chi connectivity index (χ0n) is 45.2. The van der Waals surface area contributed by atoms with Gasteiger partial charge in [-0.3, -0.25) is 14.4 Å². The standard InChI is InChI=1S/7C6H10O7/c7*7-1-2(8)3(9)4(10)5(11)6(12)13/h3*3-5,7,9-11H,1H2,(H,12,13);4*1-5,8-11H,(H,12,13). The van der Waals surface area contributed by atoms with E-state index in [1.807, 2.05) is 0 Å². The van der Waals surface area contributed by atoms with Crippen LogP contribution >= 0.6 is 0 Å². The Bertz CT molecular complexity index is 1940. The molecular weight excluding hydrogens is 1290 g/mol. The largest absolute Gasteiger partial charge is 0.479 e. The smallest absolute Gasteiger partial charge is 0.335 e. The zero-order valence-corrected chi connectivity index (χ0v) is 45.2. The highest BCUT2D eigenvalue weighted by Crippen LogP contribution is 2.08. The molecule has 25 unspecified atom stereocenters. The van der Waals surface area contributed by atoms with E-state index >= 15 is 0 Å². The van der Waals surface area contributed by atoms with Gasteiger partial charge in [0.05, 0.1) is 0 Å². The van der Waals surface area contributed by atoms with Gasteiger partial charge < -0.3 is 198 Å². The van der Waals surface area contributed by atoms with E-state index < -0.39 is 232 Å². The fraction of sp³-hybridized carbons (Fsp3) is 0.667. The molecule has 532 valence electrons. The summed E-state index contributed by atoms with van der Waals surface area (Å²) < 4.78 is 0. The molecule has 0 bridgehead atoms. The molecule has 0 amide bonds. The molecule has 0 aromatic heterocycles. The summed E-state index contributed by atoms with van der Waals surface area (Å²) in [7, 11) is 0. The average molecular weight is 1360 g/mol. The van der Waals surface area contributed by atoms with E-state index in [0.29, 0.717) is 0 Å². The second kappa shape index (κ2) is 50.5. The summed E-state index contributed by atoms with van der Waals surface area (Å²) in [5, 5.41) is 301. The molecule has 0 rings (SSSR count). The molecule has 0 saturated carbocycles. The predicted octanol–water partition coefficient (Wildman–Crippen LogP) is -23.0. The number of carboxylic acid groups (broad SMARTS) is 7. The van der Waals surface area contributed by atoms with Crippen molar-refractivity contribution in [2.45, 2.75) is 153 Å². The third-order valence-corrected chi connectivity index (χ3v) is 9.82. The van der Waals surface area contributed by atoms with Gasteiger partial charge in [0.25, 0.3) is 0 Å². The number of aliphatic hydroxyl groups is 28. The normalized spacial score (nSPS) is 18.9. The quantitative estimate of drug-likeness (QED) is 0.0262. The van der Waals surface area contributed by atoms with Crippen LogP contribution in [0.5, 0.6) is 0 Å². The van der Waals surface area contributed by atoms with Crippen LogP contribution in [0.3, 0.4) is 0 Å². The van der Waals surface area contributed by atoms with Crippen molar-refractivity contribution in [2.24, 2.45) is 0 Å². The Hall–Kier alpha value is -7.14. The maximum Gasteiger partial charge on any atom is 0.335 e. The third-order valence-electron chi connectivity index (χ3n) is 9.82. The molecule has 49 heteroatoms. The number of hydrogen-bond acceptors (Lipinski definition) is 42. The summed E-state index contributed by atoms with van der Waals surface area (Å²) in [5.41, 5.74) is 0. The van der Waals surface area contributed by atoms with E-state index in [0.717, 1.165) is 0 Å². The van der Waals surface area contributed by atoms with Gasteiger partial charge in [-0.2, -0.15) is 0 Å². The minimum atomic E-state index is -2.26. The zero-order chi connectivity index (χ0) is 74.2. The molecule has 0 fully saturated rings. The van der Waals surface area contributed by atoms with Gasteiger partial charge in [-0.05, 0) is 0 Å². The number of ketones is 3. The van der Waals surface area contributed by atoms with Crippen molar-refractivity contribution in [3.8, 4) is 0 Å². The number of hydrogen-bond donors (Lipinski definition) is 35. The van der Waals surface area contributed by atoms with E-state index in [1.165, 1.54) is 0 Å². The molecule has 0 aliphatic carbocycles. The van der Waals surface area contributed by atoms with Crippen molar-refractivity contribution in [1.29, 1.82) is 0 Å².